The summed E-state index contributed by atoms with van der Waals surface area (Å²) in [6.45, 7) is -1.40. The van der Waals surface area contributed by atoms with Crippen LogP contribution in [0.1, 0.15) is 10.6 Å². The Hall–Kier alpha value is -4.15. The zero-order chi connectivity index (χ0) is 23.3. The van der Waals surface area contributed by atoms with Gasteiger partial charge in [-0.25, -0.2) is 22.4 Å². The molecule has 0 aliphatic heterocycles. The number of hydrogen-bond donors (Lipinski definition) is 2. The molecule has 2 amide bonds. The van der Waals surface area contributed by atoms with E-state index < -0.39 is 59.9 Å². The third-order valence-corrected chi connectivity index (χ3v) is 4.03. The van der Waals surface area contributed by atoms with Crippen LogP contribution in [0.4, 0.5) is 23.2 Å². The molecule has 0 radical (unpaired) electrons. The second kappa shape index (κ2) is 9.77. The molecule has 0 unspecified atom stereocenters. The van der Waals surface area contributed by atoms with Crippen LogP contribution in [-0.2, 0) is 14.3 Å². The molecule has 0 saturated carbocycles. The molecule has 32 heavy (non-hydrogen) atoms. The molecule has 2 N–H and O–H groups in total. The number of rotatable bonds is 7. The van der Waals surface area contributed by atoms with Gasteiger partial charge in [-0.2, -0.15) is 0 Å². The van der Waals surface area contributed by atoms with Crippen LogP contribution in [0.2, 0.25) is 0 Å². The molecule has 3 rings (SSSR count). The molecule has 0 bridgehead atoms. The molecule has 7 nitrogen and oxygen atoms in total. The normalized spacial score (nSPS) is 10.5. The van der Waals surface area contributed by atoms with Gasteiger partial charge in [0.15, 0.2) is 24.1 Å². The number of nitrogens with one attached hydrogen (secondary N) is 2. The number of furan rings is 1. The van der Waals surface area contributed by atoms with Gasteiger partial charge in [0.1, 0.15) is 11.6 Å². The van der Waals surface area contributed by atoms with Crippen molar-refractivity contribution in [3.63, 3.8) is 0 Å². The molecule has 0 fully saturated rings. The summed E-state index contributed by atoms with van der Waals surface area (Å²) in [6.07, 6.45) is 0. The monoisotopic (exact) mass is 450 g/mol. The molecule has 0 saturated heterocycles. The smallest absolute Gasteiger partial charge is 0.374 e. The zero-order valence-corrected chi connectivity index (χ0v) is 16.1. The van der Waals surface area contributed by atoms with Crippen molar-refractivity contribution in [2.24, 2.45) is 0 Å². The minimum absolute atomic E-state index is 0.205. The van der Waals surface area contributed by atoms with Crippen molar-refractivity contribution >= 4 is 23.5 Å². The molecule has 1 heterocycles. The highest BCUT2D eigenvalue weighted by Gasteiger charge is 2.17. The Bertz CT molecular complexity index is 1160. The fourth-order valence-electron chi connectivity index (χ4n) is 2.47. The number of benzene rings is 2. The van der Waals surface area contributed by atoms with Crippen LogP contribution in [0, 0.1) is 23.3 Å². The molecule has 0 aliphatic carbocycles. The van der Waals surface area contributed by atoms with E-state index in [1.165, 1.54) is 36.4 Å². The lowest BCUT2D eigenvalue weighted by molar-refractivity contribution is -0.126. The standard InChI is InChI=1S/C21H14F4N2O5/c22-12-3-1-11(2-4-12)15-7-8-16(32-15)21(30)31-10-18(29)26-9-17(28)27-14-6-5-13(23)19(24)20(14)25/h1-8H,9-10H2,(H,26,29)(H,27,28). The highest BCUT2D eigenvalue weighted by atomic mass is 19.2. The summed E-state index contributed by atoms with van der Waals surface area (Å²) in [5, 5.41) is 4.07. The lowest BCUT2D eigenvalue weighted by Crippen LogP contribution is -2.35. The number of hydrogen-bond acceptors (Lipinski definition) is 5. The number of carbonyl (C=O) groups excluding carboxylic acids is 3. The van der Waals surface area contributed by atoms with E-state index in [1.807, 2.05) is 5.32 Å². The van der Waals surface area contributed by atoms with Gasteiger partial charge in [0.05, 0.1) is 12.2 Å². The number of esters is 1. The molecular formula is C21H14F4N2O5. The van der Waals surface area contributed by atoms with E-state index in [1.54, 1.807) is 0 Å². The predicted octanol–water partition coefficient (Wildman–Crippen LogP) is 3.41. The number of ether oxygens (including phenoxy) is 1. The molecule has 1 aromatic heterocycles. The van der Waals surface area contributed by atoms with E-state index in [0.717, 1.165) is 6.07 Å². The van der Waals surface area contributed by atoms with Gasteiger partial charge >= 0.3 is 5.97 Å². The van der Waals surface area contributed by atoms with Crippen molar-refractivity contribution in [3.8, 4) is 11.3 Å². The van der Waals surface area contributed by atoms with Crippen molar-refractivity contribution < 1.29 is 41.1 Å². The molecule has 11 heteroatoms. The maximum absolute atomic E-state index is 13.5. The Kier molecular flexibility index (Phi) is 6.88. The first-order valence-corrected chi connectivity index (χ1v) is 8.97. The third-order valence-electron chi connectivity index (χ3n) is 4.03. The van der Waals surface area contributed by atoms with E-state index >= 15 is 0 Å². The minimum Gasteiger partial charge on any atom is -0.450 e. The SMILES string of the molecule is O=C(COC(=O)c1ccc(-c2ccc(F)cc2)o1)NCC(=O)Nc1ccc(F)c(F)c1F. The highest BCUT2D eigenvalue weighted by Crippen LogP contribution is 2.23. The summed E-state index contributed by atoms with van der Waals surface area (Å²) < 4.78 is 62.6. The van der Waals surface area contributed by atoms with E-state index in [0.29, 0.717) is 11.6 Å². The molecule has 3 aromatic rings. The van der Waals surface area contributed by atoms with Gasteiger partial charge in [-0.05, 0) is 48.5 Å². The van der Waals surface area contributed by atoms with Gasteiger partial charge in [0.25, 0.3) is 5.91 Å². The fourth-order valence-corrected chi connectivity index (χ4v) is 2.47. The topological polar surface area (TPSA) is 97.6 Å². The van der Waals surface area contributed by atoms with E-state index in [9.17, 15) is 31.9 Å². The van der Waals surface area contributed by atoms with Crippen LogP contribution in [0.25, 0.3) is 11.3 Å². The number of anilines is 1. The van der Waals surface area contributed by atoms with E-state index in [2.05, 4.69) is 5.32 Å². The Morgan fingerprint density at radius 2 is 1.56 bits per heavy atom. The quantitative estimate of drug-likeness (QED) is 0.327. The van der Waals surface area contributed by atoms with Gasteiger partial charge in [0, 0.05) is 5.56 Å². The van der Waals surface area contributed by atoms with E-state index in [-0.39, 0.29) is 11.5 Å². The largest absolute Gasteiger partial charge is 0.450 e. The summed E-state index contributed by atoms with van der Waals surface area (Å²) in [6, 6.07) is 9.56. The van der Waals surface area contributed by atoms with Gasteiger partial charge in [-0.3, -0.25) is 9.59 Å². The lowest BCUT2D eigenvalue weighted by atomic mass is 10.2. The van der Waals surface area contributed by atoms with Crippen molar-refractivity contribution in [1.82, 2.24) is 5.32 Å². The first-order chi connectivity index (χ1) is 15.2. The first-order valence-electron chi connectivity index (χ1n) is 8.97. The predicted molar refractivity (Wildman–Crippen MR) is 102 cm³/mol. The summed E-state index contributed by atoms with van der Waals surface area (Å²) in [4.78, 5) is 35.5. The van der Waals surface area contributed by atoms with Crippen molar-refractivity contribution in [2.75, 3.05) is 18.5 Å². The van der Waals surface area contributed by atoms with Crippen LogP contribution in [0.3, 0.4) is 0 Å². The average Bonchev–Trinajstić information content (AvgIpc) is 3.27. The van der Waals surface area contributed by atoms with Crippen molar-refractivity contribution in [3.05, 3.63) is 77.6 Å². The van der Waals surface area contributed by atoms with Crippen LogP contribution in [0.5, 0.6) is 0 Å². The highest BCUT2D eigenvalue weighted by molar-refractivity contribution is 5.95. The maximum Gasteiger partial charge on any atom is 0.374 e. The fraction of sp³-hybridized carbons (Fsp3) is 0.0952. The van der Waals surface area contributed by atoms with Crippen molar-refractivity contribution in [2.45, 2.75) is 0 Å². The molecule has 0 spiro atoms. The molecule has 166 valence electrons. The summed E-state index contributed by atoms with van der Waals surface area (Å²) in [5.74, 6) is -7.86. The second-order valence-electron chi connectivity index (χ2n) is 6.29. The number of carbonyl (C=O) groups is 3. The number of halogens is 4. The van der Waals surface area contributed by atoms with Gasteiger partial charge < -0.3 is 19.8 Å². The first kappa shape index (κ1) is 22.5. The molecule has 2 aromatic carbocycles. The molecule has 0 atom stereocenters. The minimum atomic E-state index is -1.75. The molecular weight excluding hydrogens is 436 g/mol. The summed E-state index contributed by atoms with van der Waals surface area (Å²) in [7, 11) is 0. The van der Waals surface area contributed by atoms with E-state index in [4.69, 9.17) is 9.15 Å². The van der Waals surface area contributed by atoms with Crippen LogP contribution >= 0.6 is 0 Å². The van der Waals surface area contributed by atoms with Crippen LogP contribution < -0.4 is 10.6 Å². The average molecular weight is 450 g/mol. The Morgan fingerprint density at radius 3 is 2.28 bits per heavy atom. The van der Waals surface area contributed by atoms with Gasteiger partial charge in [-0.1, -0.05) is 0 Å². The Morgan fingerprint density at radius 1 is 0.844 bits per heavy atom. The van der Waals surface area contributed by atoms with Crippen LogP contribution in [0.15, 0.2) is 52.9 Å². The Balaban J connectivity index is 1.46. The zero-order valence-electron chi connectivity index (χ0n) is 16.1. The lowest BCUT2D eigenvalue weighted by Gasteiger charge is -2.08. The second-order valence-corrected chi connectivity index (χ2v) is 6.29. The van der Waals surface area contributed by atoms with Gasteiger partial charge in [-0.15, -0.1) is 0 Å². The Labute approximate surface area is 178 Å². The number of amides is 2. The van der Waals surface area contributed by atoms with Crippen LogP contribution in [-0.4, -0.2) is 30.9 Å². The molecule has 0 aliphatic rings. The summed E-state index contributed by atoms with van der Waals surface area (Å²) >= 11 is 0. The van der Waals surface area contributed by atoms with Gasteiger partial charge in [0.2, 0.25) is 11.7 Å². The summed E-state index contributed by atoms with van der Waals surface area (Å²) in [5.41, 5.74) is -0.0870. The maximum atomic E-state index is 13.5. The third kappa shape index (κ3) is 5.50. The van der Waals surface area contributed by atoms with Crippen molar-refractivity contribution in [1.29, 1.82) is 0 Å².